The number of unbranched alkanes of at least 4 members (excludes halogenated alkanes) is 1. The van der Waals surface area contributed by atoms with Crippen molar-refractivity contribution in [2.75, 3.05) is 13.2 Å². The van der Waals surface area contributed by atoms with Gasteiger partial charge in [-0.05, 0) is 37.1 Å². The third-order valence-corrected chi connectivity index (χ3v) is 4.00. The minimum absolute atomic E-state index is 0.749. The number of rotatable bonds is 9. The van der Waals surface area contributed by atoms with Crippen molar-refractivity contribution in [3.63, 3.8) is 0 Å². The number of hydrogen-bond donors (Lipinski definition) is 0. The lowest BCUT2D eigenvalue weighted by molar-refractivity contribution is 0.313. The van der Waals surface area contributed by atoms with Crippen molar-refractivity contribution >= 4 is 24.1 Å². The maximum Gasteiger partial charge on any atom is 0.0619 e. The fourth-order valence-corrected chi connectivity index (χ4v) is 2.70. The summed E-state index contributed by atoms with van der Waals surface area (Å²) in [7, 11) is 0. The Labute approximate surface area is 129 Å². The van der Waals surface area contributed by atoms with Gasteiger partial charge >= 0.3 is 0 Å². The van der Waals surface area contributed by atoms with Gasteiger partial charge in [0.25, 0.3) is 0 Å². The summed E-state index contributed by atoms with van der Waals surface area (Å²) in [5.41, 5.74) is 0. The van der Waals surface area contributed by atoms with Crippen LogP contribution in [-0.4, -0.2) is 13.2 Å². The molecule has 0 atom stereocenters. The summed E-state index contributed by atoms with van der Waals surface area (Å²) in [5, 5.41) is 0. The lowest BCUT2D eigenvalue weighted by Gasteiger charge is -2.04. The molecule has 0 aliphatic carbocycles. The summed E-state index contributed by atoms with van der Waals surface area (Å²) < 4.78 is 11.1. The second-order valence-corrected chi connectivity index (χ2v) is 5.89. The van der Waals surface area contributed by atoms with Crippen molar-refractivity contribution in [1.82, 2.24) is 0 Å². The van der Waals surface area contributed by atoms with Gasteiger partial charge in [0.1, 0.15) is 0 Å². The van der Waals surface area contributed by atoms with Crippen molar-refractivity contribution in [1.29, 1.82) is 0 Å². The smallest absolute Gasteiger partial charge is 0.0619 e. The summed E-state index contributed by atoms with van der Waals surface area (Å²) in [6.07, 6.45) is 2.02. The summed E-state index contributed by atoms with van der Waals surface area (Å²) in [5.74, 6) is 0. The molecule has 0 heterocycles. The standard InChI is InChI=1S/C16H18O2S2/c1-3-9-15(10-4-1)19-17-13-7-8-14-18-20-16-11-5-2-6-12-16/h1-6,9-12H,7-8,13-14H2. The molecule has 0 N–H and O–H groups in total. The Morgan fingerprint density at radius 1 is 0.600 bits per heavy atom. The molecule has 2 aromatic carbocycles. The Bertz CT molecular complexity index is 417. The Balaban J connectivity index is 1.44. The Hall–Kier alpha value is -0.940. The Morgan fingerprint density at radius 3 is 1.40 bits per heavy atom. The number of benzene rings is 2. The minimum Gasteiger partial charge on any atom is -0.310 e. The first kappa shape index (κ1) is 15.4. The fraction of sp³-hybridized carbons (Fsp3) is 0.250. The molecule has 20 heavy (non-hydrogen) atoms. The zero-order chi connectivity index (χ0) is 13.9. The van der Waals surface area contributed by atoms with E-state index in [1.54, 1.807) is 0 Å². The predicted octanol–water partition coefficient (Wildman–Crippen LogP) is 5.21. The largest absolute Gasteiger partial charge is 0.310 e. The maximum absolute atomic E-state index is 5.54. The highest BCUT2D eigenvalue weighted by Gasteiger charge is 1.96. The van der Waals surface area contributed by atoms with Gasteiger partial charge in [-0.2, -0.15) is 0 Å². The van der Waals surface area contributed by atoms with E-state index in [0.717, 1.165) is 35.8 Å². The fourth-order valence-electron chi connectivity index (χ4n) is 1.49. The van der Waals surface area contributed by atoms with E-state index >= 15 is 0 Å². The molecule has 0 aromatic heterocycles. The molecule has 4 heteroatoms. The van der Waals surface area contributed by atoms with Crippen molar-refractivity contribution < 1.29 is 8.37 Å². The van der Waals surface area contributed by atoms with Crippen molar-refractivity contribution in [2.24, 2.45) is 0 Å². The third-order valence-electron chi connectivity index (χ3n) is 2.50. The van der Waals surface area contributed by atoms with Crippen LogP contribution in [-0.2, 0) is 8.37 Å². The highest BCUT2D eigenvalue weighted by molar-refractivity contribution is 7.94. The molecule has 0 spiro atoms. The molecule has 0 saturated carbocycles. The van der Waals surface area contributed by atoms with Gasteiger partial charge in [-0.3, -0.25) is 0 Å². The maximum atomic E-state index is 5.54. The van der Waals surface area contributed by atoms with Crippen molar-refractivity contribution in [3.05, 3.63) is 60.7 Å². The van der Waals surface area contributed by atoms with Gasteiger partial charge in [-0.15, -0.1) is 0 Å². The van der Waals surface area contributed by atoms with Crippen LogP contribution in [0.25, 0.3) is 0 Å². The zero-order valence-corrected chi connectivity index (χ0v) is 12.9. The van der Waals surface area contributed by atoms with Gasteiger partial charge in [0, 0.05) is 33.9 Å². The minimum atomic E-state index is 0.749. The van der Waals surface area contributed by atoms with E-state index in [-0.39, 0.29) is 0 Å². The van der Waals surface area contributed by atoms with E-state index in [1.807, 2.05) is 60.7 Å². The Morgan fingerprint density at radius 2 is 1.00 bits per heavy atom. The van der Waals surface area contributed by atoms with Crippen LogP contribution in [0.2, 0.25) is 0 Å². The van der Waals surface area contributed by atoms with Gasteiger partial charge in [0.05, 0.1) is 13.2 Å². The van der Waals surface area contributed by atoms with E-state index in [0.29, 0.717) is 0 Å². The molecule has 0 fully saturated rings. The average Bonchev–Trinajstić information content (AvgIpc) is 2.52. The van der Waals surface area contributed by atoms with Crippen molar-refractivity contribution in [3.8, 4) is 0 Å². The van der Waals surface area contributed by atoms with Crippen LogP contribution in [0.4, 0.5) is 0 Å². The molecule has 0 aliphatic heterocycles. The highest BCUT2D eigenvalue weighted by Crippen LogP contribution is 2.20. The van der Waals surface area contributed by atoms with E-state index in [9.17, 15) is 0 Å². The van der Waals surface area contributed by atoms with E-state index in [2.05, 4.69) is 0 Å². The van der Waals surface area contributed by atoms with Gasteiger partial charge in [0.2, 0.25) is 0 Å². The summed E-state index contributed by atoms with van der Waals surface area (Å²) in [4.78, 5) is 2.28. The summed E-state index contributed by atoms with van der Waals surface area (Å²) >= 11 is 2.87. The molecule has 0 saturated heterocycles. The molecular weight excluding hydrogens is 288 g/mol. The lowest BCUT2D eigenvalue weighted by Crippen LogP contribution is -1.92. The van der Waals surface area contributed by atoms with Crippen LogP contribution < -0.4 is 0 Å². The molecule has 0 aliphatic rings. The SMILES string of the molecule is c1ccc(SOCCCCOSc2ccccc2)cc1. The molecule has 2 nitrogen and oxygen atoms in total. The van der Waals surface area contributed by atoms with Gasteiger partial charge < -0.3 is 8.37 Å². The van der Waals surface area contributed by atoms with Crippen LogP contribution >= 0.6 is 24.1 Å². The third kappa shape index (κ3) is 6.48. The lowest BCUT2D eigenvalue weighted by atomic mass is 10.3. The normalized spacial score (nSPS) is 10.6. The second kappa shape index (κ2) is 9.88. The van der Waals surface area contributed by atoms with Crippen LogP contribution in [0.5, 0.6) is 0 Å². The van der Waals surface area contributed by atoms with Crippen molar-refractivity contribution in [2.45, 2.75) is 22.6 Å². The van der Waals surface area contributed by atoms with Gasteiger partial charge in [0.15, 0.2) is 0 Å². The van der Waals surface area contributed by atoms with E-state index in [1.165, 1.54) is 24.1 Å². The number of hydrogen-bond acceptors (Lipinski definition) is 4. The van der Waals surface area contributed by atoms with E-state index in [4.69, 9.17) is 8.37 Å². The summed E-state index contributed by atoms with van der Waals surface area (Å²) in [6, 6.07) is 20.3. The molecule has 2 aromatic rings. The predicted molar refractivity (Wildman–Crippen MR) is 85.7 cm³/mol. The first-order chi connectivity index (χ1) is 9.95. The Kier molecular flexibility index (Phi) is 7.64. The second-order valence-electron chi connectivity index (χ2n) is 4.14. The van der Waals surface area contributed by atoms with Gasteiger partial charge in [-0.25, -0.2) is 0 Å². The molecular formula is C16H18O2S2. The molecule has 0 bridgehead atoms. The first-order valence-electron chi connectivity index (χ1n) is 6.64. The zero-order valence-electron chi connectivity index (χ0n) is 11.2. The van der Waals surface area contributed by atoms with E-state index < -0.39 is 0 Å². The first-order valence-corrected chi connectivity index (χ1v) is 8.12. The molecule has 0 amide bonds. The van der Waals surface area contributed by atoms with Crippen LogP contribution in [0.15, 0.2) is 70.5 Å². The average molecular weight is 306 g/mol. The van der Waals surface area contributed by atoms with Crippen LogP contribution in [0.1, 0.15) is 12.8 Å². The summed E-state index contributed by atoms with van der Waals surface area (Å²) in [6.45, 7) is 1.50. The molecule has 2 rings (SSSR count). The molecule has 0 radical (unpaired) electrons. The topological polar surface area (TPSA) is 18.5 Å². The van der Waals surface area contributed by atoms with Crippen LogP contribution in [0, 0.1) is 0 Å². The highest BCUT2D eigenvalue weighted by atomic mass is 32.2. The van der Waals surface area contributed by atoms with Crippen LogP contribution in [0.3, 0.4) is 0 Å². The quantitative estimate of drug-likeness (QED) is 0.467. The molecule has 0 unspecified atom stereocenters. The molecule has 106 valence electrons. The monoisotopic (exact) mass is 306 g/mol. The van der Waals surface area contributed by atoms with Gasteiger partial charge in [-0.1, -0.05) is 36.4 Å².